The molecule has 0 spiro atoms. The number of carbonyl (C=O) groups excluding carboxylic acids is 1. The van der Waals surface area contributed by atoms with Gasteiger partial charge in [0.2, 0.25) is 9.47 Å². The minimum absolute atomic E-state index is 0.128. The smallest absolute Gasteiger partial charge is 0.270 e. The lowest BCUT2D eigenvalue weighted by Crippen LogP contribution is -2.28. The summed E-state index contributed by atoms with van der Waals surface area (Å²) in [6.45, 7) is 7.75. The van der Waals surface area contributed by atoms with Gasteiger partial charge in [-0.15, -0.1) is 10.2 Å². The van der Waals surface area contributed by atoms with Crippen LogP contribution in [0.25, 0.3) is 0 Å². The molecule has 0 aliphatic carbocycles. The third kappa shape index (κ3) is 4.92. The van der Waals surface area contributed by atoms with E-state index in [9.17, 15) is 13.2 Å². The predicted octanol–water partition coefficient (Wildman–Crippen LogP) is 4.15. The maximum atomic E-state index is 12.8. The lowest BCUT2D eigenvalue weighted by atomic mass is 10.0. The van der Waals surface area contributed by atoms with Crippen molar-refractivity contribution in [1.29, 1.82) is 0 Å². The van der Waals surface area contributed by atoms with Crippen LogP contribution in [0.1, 0.15) is 52.0 Å². The van der Waals surface area contributed by atoms with E-state index in [1.54, 1.807) is 12.1 Å². The van der Waals surface area contributed by atoms with E-state index in [2.05, 4.69) is 20.2 Å². The summed E-state index contributed by atoms with van der Waals surface area (Å²) < 4.78 is 28.2. The van der Waals surface area contributed by atoms with Gasteiger partial charge in [-0.2, -0.15) is 0 Å². The van der Waals surface area contributed by atoms with Gasteiger partial charge in [-0.05, 0) is 55.5 Å². The van der Waals surface area contributed by atoms with Gasteiger partial charge in [0.05, 0.1) is 0 Å². The third-order valence-electron chi connectivity index (χ3n) is 4.89. The summed E-state index contributed by atoms with van der Waals surface area (Å²) in [5, 5.41) is 10.3. The van der Waals surface area contributed by atoms with Gasteiger partial charge in [0.15, 0.2) is 0 Å². The van der Waals surface area contributed by atoms with Crippen molar-refractivity contribution in [2.24, 2.45) is 0 Å². The van der Waals surface area contributed by atoms with Gasteiger partial charge in [0, 0.05) is 11.6 Å². The molecule has 0 aliphatic rings. The lowest BCUT2D eigenvalue weighted by Gasteiger charge is -2.17. The van der Waals surface area contributed by atoms with E-state index in [4.69, 9.17) is 0 Å². The van der Waals surface area contributed by atoms with Crippen LogP contribution in [0.15, 0.2) is 46.8 Å². The molecule has 30 heavy (non-hydrogen) atoms. The van der Waals surface area contributed by atoms with Gasteiger partial charge < -0.3 is 0 Å². The Kier molecular flexibility index (Phi) is 6.64. The second-order valence-corrected chi connectivity index (χ2v) is 9.93. The van der Waals surface area contributed by atoms with Crippen molar-refractivity contribution in [3.05, 3.63) is 70.3 Å². The molecule has 1 atom stereocenters. The van der Waals surface area contributed by atoms with Crippen molar-refractivity contribution in [1.82, 2.24) is 14.9 Å². The molecule has 1 heterocycles. The average Bonchev–Trinajstić information content (AvgIpc) is 3.18. The summed E-state index contributed by atoms with van der Waals surface area (Å²) in [4.78, 5) is 12.4. The SMILES string of the molecule is CC[C@H](NS(=O)(=O)c1nnc(NC(=O)c2ccccc2C)s1)c1ccc(C)c(C)c1. The van der Waals surface area contributed by atoms with Crippen LogP contribution in [-0.4, -0.2) is 24.5 Å². The van der Waals surface area contributed by atoms with Crippen molar-refractivity contribution >= 4 is 32.4 Å². The van der Waals surface area contributed by atoms with Crippen molar-refractivity contribution in [3.8, 4) is 0 Å². The molecule has 0 aliphatic heterocycles. The van der Waals surface area contributed by atoms with E-state index in [0.29, 0.717) is 12.0 Å². The fourth-order valence-electron chi connectivity index (χ4n) is 2.97. The summed E-state index contributed by atoms with van der Waals surface area (Å²) in [5.74, 6) is -0.359. The predicted molar refractivity (Wildman–Crippen MR) is 118 cm³/mol. The van der Waals surface area contributed by atoms with E-state index < -0.39 is 10.0 Å². The van der Waals surface area contributed by atoms with Crippen LogP contribution in [0, 0.1) is 20.8 Å². The molecule has 0 fully saturated rings. The Hall–Kier alpha value is -2.62. The molecule has 9 heteroatoms. The Morgan fingerprint density at radius 3 is 2.43 bits per heavy atom. The molecule has 0 saturated carbocycles. The first-order valence-electron chi connectivity index (χ1n) is 9.51. The van der Waals surface area contributed by atoms with E-state index in [1.807, 2.05) is 58.0 Å². The lowest BCUT2D eigenvalue weighted by molar-refractivity contribution is 0.102. The fraction of sp³-hybridized carbons (Fsp3) is 0.286. The molecule has 1 aromatic heterocycles. The van der Waals surface area contributed by atoms with Crippen LogP contribution >= 0.6 is 11.3 Å². The Labute approximate surface area is 180 Å². The number of sulfonamides is 1. The average molecular weight is 445 g/mol. The first-order chi connectivity index (χ1) is 14.2. The highest BCUT2D eigenvalue weighted by Gasteiger charge is 2.25. The summed E-state index contributed by atoms with van der Waals surface area (Å²) >= 11 is 0.817. The Morgan fingerprint density at radius 1 is 1.03 bits per heavy atom. The zero-order chi connectivity index (χ0) is 21.9. The Bertz CT molecular complexity index is 1170. The fourth-order valence-corrected chi connectivity index (χ4v) is 5.19. The van der Waals surface area contributed by atoms with Crippen LogP contribution in [0.2, 0.25) is 0 Å². The van der Waals surface area contributed by atoms with Gasteiger partial charge in [-0.3, -0.25) is 10.1 Å². The standard InChI is InChI=1S/C21H24N4O3S2/c1-5-18(16-11-10-13(2)15(4)12-16)25-30(27,28)21-24-23-20(29-21)22-19(26)17-9-7-6-8-14(17)3/h6-12,18,25H,5H2,1-4H3,(H,22,23,26)/t18-/m0/s1. The monoisotopic (exact) mass is 444 g/mol. The minimum Gasteiger partial charge on any atom is -0.296 e. The maximum absolute atomic E-state index is 12.8. The summed E-state index contributed by atoms with van der Waals surface area (Å²) in [5.41, 5.74) is 4.45. The molecule has 2 N–H and O–H groups in total. The Morgan fingerprint density at radius 2 is 1.77 bits per heavy atom. The zero-order valence-electron chi connectivity index (χ0n) is 17.3. The van der Waals surface area contributed by atoms with Crippen molar-refractivity contribution in [3.63, 3.8) is 0 Å². The number of nitrogens with zero attached hydrogens (tertiary/aromatic N) is 2. The summed E-state index contributed by atoms with van der Waals surface area (Å²) in [6.07, 6.45) is 0.581. The van der Waals surface area contributed by atoms with E-state index >= 15 is 0 Å². The van der Waals surface area contributed by atoms with Gasteiger partial charge in [-0.1, -0.05) is 54.7 Å². The molecule has 0 saturated heterocycles. The van der Waals surface area contributed by atoms with E-state index in [0.717, 1.165) is 33.6 Å². The molecule has 1 amide bonds. The molecule has 0 unspecified atom stereocenters. The van der Waals surface area contributed by atoms with Crippen LogP contribution in [0.4, 0.5) is 5.13 Å². The number of anilines is 1. The van der Waals surface area contributed by atoms with E-state index in [1.165, 1.54) is 0 Å². The number of aromatic nitrogens is 2. The first-order valence-corrected chi connectivity index (χ1v) is 11.8. The number of rotatable bonds is 7. The second-order valence-electron chi connectivity index (χ2n) is 7.07. The molecular formula is C21H24N4O3S2. The first kappa shape index (κ1) is 22.1. The second kappa shape index (κ2) is 9.03. The summed E-state index contributed by atoms with van der Waals surface area (Å²) in [7, 11) is -3.89. The molecule has 0 bridgehead atoms. The van der Waals surface area contributed by atoms with Crippen molar-refractivity contribution in [2.75, 3.05) is 5.32 Å². The number of carbonyl (C=O) groups is 1. The normalized spacial score (nSPS) is 12.5. The molecule has 3 aromatic rings. The topological polar surface area (TPSA) is 101 Å². The van der Waals surface area contributed by atoms with Gasteiger partial charge >= 0.3 is 0 Å². The number of hydrogen-bond acceptors (Lipinski definition) is 6. The molecule has 7 nitrogen and oxygen atoms in total. The van der Waals surface area contributed by atoms with Gasteiger partial charge in [0.25, 0.3) is 15.9 Å². The molecule has 2 aromatic carbocycles. The number of hydrogen-bond donors (Lipinski definition) is 2. The quantitative estimate of drug-likeness (QED) is 0.533. The Balaban J connectivity index is 1.76. The van der Waals surface area contributed by atoms with Gasteiger partial charge in [-0.25, -0.2) is 13.1 Å². The van der Waals surface area contributed by atoms with Crippen LogP contribution in [-0.2, 0) is 10.0 Å². The number of nitrogens with one attached hydrogen (secondary N) is 2. The van der Waals surface area contributed by atoms with Crippen LogP contribution in [0.3, 0.4) is 0 Å². The maximum Gasteiger partial charge on any atom is 0.270 e. The molecular weight excluding hydrogens is 420 g/mol. The van der Waals surface area contributed by atoms with Gasteiger partial charge in [0.1, 0.15) is 0 Å². The molecule has 3 rings (SSSR count). The van der Waals surface area contributed by atoms with Crippen molar-refractivity contribution in [2.45, 2.75) is 44.5 Å². The van der Waals surface area contributed by atoms with Crippen LogP contribution < -0.4 is 10.0 Å². The highest BCUT2D eigenvalue weighted by molar-refractivity contribution is 7.91. The molecule has 158 valence electrons. The highest BCUT2D eigenvalue weighted by atomic mass is 32.2. The highest BCUT2D eigenvalue weighted by Crippen LogP contribution is 2.25. The minimum atomic E-state index is -3.89. The van der Waals surface area contributed by atoms with Crippen molar-refractivity contribution < 1.29 is 13.2 Å². The zero-order valence-corrected chi connectivity index (χ0v) is 18.9. The summed E-state index contributed by atoms with van der Waals surface area (Å²) in [6, 6.07) is 12.6. The number of benzene rings is 2. The third-order valence-corrected chi connectivity index (χ3v) is 7.56. The molecule has 0 radical (unpaired) electrons. The van der Waals surface area contributed by atoms with Crippen LogP contribution in [0.5, 0.6) is 0 Å². The number of amides is 1. The number of aryl methyl sites for hydroxylation is 3. The largest absolute Gasteiger partial charge is 0.296 e. The van der Waals surface area contributed by atoms with E-state index in [-0.39, 0.29) is 21.4 Å².